The number of rotatable bonds is 3. The monoisotopic (exact) mass is 413 g/mol. The first-order chi connectivity index (χ1) is 14.3. The number of aryl methyl sites for hydroxylation is 1. The van der Waals surface area contributed by atoms with E-state index in [0.717, 1.165) is 12.1 Å². The number of amides is 1. The maximum Gasteiger partial charge on any atom is 0.416 e. The third kappa shape index (κ3) is 3.98. The lowest BCUT2D eigenvalue weighted by molar-refractivity contribution is -0.137. The van der Waals surface area contributed by atoms with Gasteiger partial charge in [0.25, 0.3) is 5.91 Å². The van der Waals surface area contributed by atoms with Crippen LogP contribution in [-0.4, -0.2) is 27.3 Å². The highest BCUT2D eigenvalue weighted by molar-refractivity contribution is 5.97. The summed E-state index contributed by atoms with van der Waals surface area (Å²) in [5.41, 5.74) is 0.702. The van der Waals surface area contributed by atoms with Gasteiger partial charge < -0.3 is 9.64 Å². The Kier molecular flexibility index (Phi) is 5.15. The predicted molar refractivity (Wildman–Crippen MR) is 103 cm³/mol. The van der Waals surface area contributed by atoms with Crippen molar-refractivity contribution in [1.82, 2.24) is 14.9 Å². The Hall–Kier alpha value is -3.42. The minimum Gasteiger partial charge on any atom is -0.483 e. The smallest absolute Gasteiger partial charge is 0.416 e. The summed E-state index contributed by atoms with van der Waals surface area (Å²) in [6.45, 7) is 1.92. The second kappa shape index (κ2) is 7.78. The summed E-state index contributed by atoms with van der Waals surface area (Å²) >= 11 is 0. The molecule has 0 saturated heterocycles. The van der Waals surface area contributed by atoms with Crippen LogP contribution in [0, 0.1) is 6.92 Å². The topological polar surface area (TPSA) is 55.3 Å². The number of hydrogen-bond donors (Lipinski definition) is 0. The lowest BCUT2D eigenvalue weighted by atomic mass is 10.00. The van der Waals surface area contributed by atoms with Crippen molar-refractivity contribution in [2.75, 3.05) is 6.54 Å². The van der Waals surface area contributed by atoms with Crippen LogP contribution in [0.5, 0.6) is 5.75 Å². The first-order valence-electron chi connectivity index (χ1n) is 9.31. The number of aromatic nitrogens is 2. The molecule has 1 amide bonds. The molecule has 0 spiro atoms. The first kappa shape index (κ1) is 19.9. The van der Waals surface area contributed by atoms with Crippen LogP contribution in [0.1, 0.15) is 39.0 Å². The molecule has 1 unspecified atom stereocenters. The van der Waals surface area contributed by atoms with Gasteiger partial charge in [-0.15, -0.1) is 0 Å². The zero-order valence-corrected chi connectivity index (χ0v) is 16.1. The van der Waals surface area contributed by atoms with Gasteiger partial charge in [0.05, 0.1) is 24.2 Å². The van der Waals surface area contributed by atoms with Gasteiger partial charge in [-0.25, -0.2) is 9.97 Å². The van der Waals surface area contributed by atoms with Gasteiger partial charge in [0, 0.05) is 12.4 Å². The molecule has 8 heteroatoms. The number of ether oxygens (including phenoxy) is 1. The number of carbonyl (C=O) groups excluding carboxylic acids is 1. The van der Waals surface area contributed by atoms with Crippen LogP contribution in [-0.2, 0) is 12.7 Å². The lowest BCUT2D eigenvalue weighted by Gasteiger charge is -2.25. The number of para-hydroxylation sites is 1. The van der Waals surface area contributed by atoms with E-state index < -0.39 is 17.8 Å². The Morgan fingerprint density at radius 3 is 2.53 bits per heavy atom. The molecule has 1 atom stereocenters. The fourth-order valence-corrected chi connectivity index (χ4v) is 3.48. The van der Waals surface area contributed by atoms with Crippen LogP contribution in [0.4, 0.5) is 13.2 Å². The summed E-state index contributed by atoms with van der Waals surface area (Å²) in [7, 11) is 0. The molecular weight excluding hydrogens is 395 g/mol. The molecule has 0 aliphatic carbocycles. The molecule has 2 aromatic carbocycles. The zero-order valence-electron chi connectivity index (χ0n) is 16.1. The second-order valence-corrected chi connectivity index (χ2v) is 7.02. The van der Waals surface area contributed by atoms with Gasteiger partial charge >= 0.3 is 6.18 Å². The number of alkyl halides is 3. The Labute approximate surface area is 171 Å². The van der Waals surface area contributed by atoms with Gasteiger partial charge in [0.1, 0.15) is 17.7 Å². The van der Waals surface area contributed by atoms with Crippen molar-refractivity contribution in [3.05, 3.63) is 89.0 Å². The quantitative estimate of drug-likeness (QED) is 0.631. The van der Waals surface area contributed by atoms with Crippen molar-refractivity contribution in [3.8, 4) is 5.75 Å². The molecule has 0 N–H and O–H groups in total. The molecule has 0 saturated carbocycles. The predicted octanol–water partition coefficient (Wildman–Crippen LogP) is 4.58. The van der Waals surface area contributed by atoms with Crippen molar-refractivity contribution >= 4 is 5.91 Å². The first-order valence-corrected chi connectivity index (χ1v) is 9.31. The van der Waals surface area contributed by atoms with Crippen LogP contribution < -0.4 is 4.74 Å². The molecule has 3 aromatic rings. The van der Waals surface area contributed by atoms with E-state index in [1.807, 2.05) is 0 Å². The molecule has 0 fully saturated rings. The molecule has 2 heterocycles. The average molecular weight is 413 g/mol. The summed E-state index contributed by atoms with van der Waals surface area (Å²) in [5, 5.41) is 0. The van der Waals surface area contributed by atoms with Gasteiger partial charge in [-0.3, -0.25) is 4.79 Å². The Bertz CT molecular complexity index is 1070. The van der Waals surface area contributed by atoms with E-state index in [4.69, 9.17) is 4.74 Å². The van der Waals surface area contributed by atoms with Gasteiger partial charge in [0.15, 0.2) is 0 Å². The molecule has 1 aliphatic rings. The molecule has 154 valence electrons. The fraction of sp³-hybridized carbons (Fsp3) is 0.227. The summed E-state index contributed by atoms with van der Waals surface area (Å²) in [6, 6.07) is 12.1. The van der Waals surface area contributed by atoms with Crippen molar-refractivity contribution in [2.24, 2.45) is 0 Å². The molecule has 1 aliphatic heterocycles. The van der Waals surface area contributed by atoms with E-state index in [0.29, 0.717) is 28.3 Å². The van der Waals surface area contributed by atoms with Gasteiger partial charge in [-0.05, 0) is 48.4 Å². The van der Waals surface area contributed by atoms with Crippen molar-refractivity contribution in [2.45, 2.75) is 25.7 Å². The van der Waals surface area contributed by atoms with E-state index in [9.17, 15) is 18.0 Å². The molecule has 30 heavy (non-hydrogen) atoms. The zero-order chi connectivity index (χ0) is 21.3. The number of fused-ring (bicyclic) bond motifs is 1. The standard InChI is InChI=1S/C22H18F3N3O2/c1-14-11-15(22(23,24)25)7-8-16(14)19-12-28(13-20-26-9-4-10-27-20)21(29)17-5-2-3-6-18(17)30-19/h2-11,19H,12-13H2,1H3. The number of nitrogens with zero attached hydrogens (tertiary/aromatic N) is 3. The maximum absolute atomic E-state index is 13.1. The van der Waals surface area contributed by atoms with Gasteiger partial charge in [-0.1, -0.05) is 18.2 Å². The highest BCUT2D eigenvalue weighted by atomic mass is 19.4. The lowest BCUT2D eigenvalue weighted by Crippen LogP contribution is -2.34. The molecule has 5 nitrogen and oxygen atoms in total. The summed E-state index contributed by atoms with van der Waals surface area (Å²) in [5.74, 6) is 0.613. The number of halogens is 3. The van der Waals surface area contributed by atoms with Crippen LogP contribution in [0.15, 0.2) is 60.9 Å². The molecule has 0 radical (unpaired) electrons. The number of carbonyl (C=O) groups is 1. The average Bonchev–Trinajstić information content (AvgIpc) is 2.85. The van der Waals surface area contributed by atoms with E-state index in [2.05, 4.69) is 9.97 Å². The molecule has 4 rings (SSSR count). The fourth-order valence-electron chi connectivity index (χ4n) is 3.48. The van der Waals surface area contributed by atoms with Gasteiger partial charge in [-0.2, -0.15) is 13.2 Å². The Morgan fingerprint density at radius 2 is 1.83 bits per heavy atom. The highest BCUT2D eigenvalue weighted by Crippen LogP contribution is 2.35. The normalized spacial score (nSPS) is 16.6. The van der Waals surface area contributed by atoms with Crippen LogP contribution in [0.25, 0.3) is 0 Å². The largest absolute Gasteiger partial charge is 0.483 e. The summed E-state index contributed by atoms with van der Waals surface area (Å²) in [6.07, 6.45) is -1.88. The van der Waals surface area contributed by atoms with E-state index >= 15 is 0 Å². The van der Waals surface area contributed by atoms with E-state index in [1.165, 1.54) is 6.07 Å². The highest BCUT2D eigenvalue weighted by Gasteiger charge is 2.33. The summed E-state index contributed by atoms with van der Waals surface area (Å²) < 4.78 is 45.3. The van der Waals surface area contributed by atoms with Crippen LogP contribution in [0.2, 0.25) is 0 Å². The SMILES string of the molecule is Cc1cc(C(F)(F)F)ccc1C1CN(Cc2ncccn2)C(=O)c2ccccc2O1. The van der Waals surface area contributed by atoms with E-state index in [-0.39, 0.29) is 19.0 Å². The van der Waals surface area contributed by atoms with Crippen molar-refractivity contribution in [1.29, 1.82) is 0 Å². The third-order valence-electron chi connectivity index (χ3n) is 4.96. The third-order valence-corrected chi connectivity index (χ3v) is 4.96. The molecule has 1 aromatic heterocycles. The van der Waals surface area contributed by atoms with Gasteiger partial charge in [0.2, 0.25) is 0 Å². The van der Waals surface area contributed by atoms with Crippen LogP contribution >= 0.6 is 0 Å². The molecule has 0 bridgehead atoms. The van der Waals surface area contributed by atoms with E-state index in [1.54, 1.807) is 54.5 Å². The molecular formula is C22H18F3N3O2. The number of benzene rings is 2. The second-order valence-electron chi connectivity index (χ2n) is 7.02. The summed E-state index contributed by atoms with van der Waals surface area (Å²) in [4.78, 5) is 23.0. The minimum atomic E-state index is -4.42. The van der Waals surface area contributed by atoms with Crippen molar-refractivity contribution < 1.29 is 22.7 Å². The van der Waals surface area contributed by atoms with Crippen LogP contribution in [0.3, 0.4) is 0 Å². The maximum atomic E-state index is 13.1. The minimum absolute atomic E-state index is 0.151. The Morgan fingerprint density at radius 1 is 1.10 bits per heavy atom. The van der Waals surface area contributed by atoms with Crippen molar-refractivity contribution in [3.63, 3.8) is 0 Å². The Balaban J connectivity index is 1.72. The number of hydrogen-bond acceptors (Lipinski definition) is 4.